The SMILES string of the molecule is Cc1ccccc1NC(=O)C1C(=O)CC(C)(O)C(C(=O)Nc2ccccc2C)C1c1ccc(F)cc1. The van der Waals surface area contributed by atoms with Gasteiger partial charge in [0.1, 0.15) is 17.5 Å². The lowest BCUT2D eigenvalue weighted by Crippen LogP contribution is -2.56. The van der Waals surface area contributed by atoms with Gasteiger partial charge < -0.3 is 15.7 Å². The highest BCUT2D eigenvalue weighted by molar-refractivity contribution is 6.10. The largest absolute Gasteiger partial charge is 0.389 e. The Labute approximate surface area is 209 Å². The zero-order chi connectivity index (χ0) is 26.0. The molecule has 186 valence electrons. The molecule has 4 rings (SSSR count). The van der Waals surface area contributed by atoms with Gasteiger partial charge in [-0.1, -0.05) is 48.5 Å². The second kappa shape index (κ2) is 10.0. The average molecular weight is 489 g/mol. The maximum Gasteiger partial charge on any atom is 0.235 e. The molecule has 36 heavy (non-hydrogen) atoms. The Hall–Kier alpha value is -3.84. The van der Waals surface area contributed by atoms with E-state index in [0.717, 1.165) is 11.1 Å². The highest BCUT2D eigenvalue weighted by Gasteiger charge is 2.56. The molecule has 0 radical (unpaired) electrons. The van der Waals surface area contributed by atoms with Crippen LogP contribution in [-0.2, 0) is 14.4 Å². The highest BCUT2D eigenvalue weighted by Crippen LogP contribution is 2.46. The lowest BCUT2D eigenvalue weighted by molar-refractivity contribution is -0.150. The molecule has 3 aromatic carbocycles. The second-order valence-electron chi connectivity index (χ2n) is 9.64. The predicted molar refractivity (Wildman–Crippen MR) is 136 cm³/mol. The summed E-state index contributed by atoms with van der Waals surface area (Å²) in [5.74, 6) is -5.52. The van der Waals surface area contributed by atoms with Crippen LogP contribution < -0.4 is 10.6 Å². The van der Waals surface area contributed by atoms with E-state index in [-0.39, 0.29) is 6.42 Å². The first-order chi connectivity index (χ1) is 17.1. The van der Waals surface area contributed by atoms with Crippen LogP contribution in [0.1, 0.15) is 36.0 Å². The molecule has 4 unspecified atom stereocenters. The number of aliphatic hydroxyl groups is 1. The summed E-state index contributed by atoms with van der Waals surface area (Å²) in [6.07, 6.45) is -0.373. The number of aryl methyl sites for hydroxylation is 2. The normalized spacial score (nSPS) is 23.7. The number of hydrogen-bond donors (Lipinski definition) is 3. The maximum atomic E-state index is 13.8. The first-order valence-corrected chi connectivity index (χ1v) is 11.8. The van der Waals surface area contributed by atoms with Crippen LogP contribution in [0.3, 0.4) is 0 Å². The molecule has 7 heteroatoms. The quantitative estimate of drug-likeness (QED) is 0.451. The smallest absolute Gasteiger partial charge is 0.235 e. The zero-order valence-corrected chi connectivity index (χ0v) is 20.4. The number of nitrogens with one attached hydrogen (secondary N) is 2. The van der Waals surface area contributed by atoms with Gasteiger partial charge in [-0.25, -0.2) is 4.39 Å². The number of Topliss-reactive ketones (excluding diaryl/α,β-unsaturated/α-hetero) is 1. The summed E-state index contributed by atoms with van der Waals surface area (Å²) < 4.78 is 13.8. The number of rotatable bonds is 5. The molecule has 0 saturated heterocycles. The van der Waals surface area contributed by atoms with Gasteiger partial charge in [0.05, 0.1) is 11.5 Å². The summed E-state index contributed by atoms with van der Waals surface area (Å²) >= 11 is 0. The van der Waals surface area contributed by atoms with Gasteiger partial charge >= 0.3 is 0 Å². The van der Waals surface area contributed by atoms with Crippen LogP contribution in [0.2, 0.25) is 0 Å². The molecule has 0 bridgehead atoms. The van der Waals surface area contributed by atoms with Gasteiger partial charge in [0.2, 0.25) is 11.8 Å². The van der Waals surface area contributed by atoms with Gasteiger partial charge in [-0.3, -0.25) is 14.4 Å². The Morgan fingerprint density at radius 3 is 1.89 bits per heavy atom. The fourth-order valence-electron chi connectivity index (χ4n) is 5.02. The van der Waals surface area contributed by atoms with E-state index in [1.807, 2.05) is 38.1 Å². The molecular weight excluding hydrogens is 459 g/mol. The van der Waals surface area contributed by atoms with Crippen molar-refractivity contribution >= 4 is 29.0 Å². The summed E-state index contributed by atoms with van der Waals surface area (Å²) in [5.41, 5.74) is 1.43. The van der Waals surface area contributed by atoms with E-state index in [1.165, 1.54) is 31.2 Å². The lowest BCUT2D eigenvalue weighted by Gasteiger charge is -2.44. The molecule has 1 aliphatic rings. The third-order valence-corrected chi connectivity index (χ3v) is 6.89. The average Bonchev–Trinajstić information content (AvgIpc) is 2.81. The topological polar surface area (TPSA) is 95.5 Å². The zero-order valence-electron chi connectivity index (χ0n) is 20.4. The first-order valence-electron chi connectivity index (χ1n) is 11.8. The van der Waals surface area contributed by atoms with Gasteiger partial charge in [-0.2, -0.15) is 0 Å². The van der Waals surface area contributed by atoms with Crippen molar-refractivity contribution in [1.82, 2.24) is 0 Å². The molecule has 6 nitrogen and oxygen atoms in total. The Balaban J connectivity index is 1.78. The van der Waals surface area contributed by atoms with E-state index in [9.17, 15) is 23.9 Å². The predicted octanol–water partition coefficient (Wildman–Crippen LogP) is 4.76. The summed E-state index contributed by atoms with van der Waals surface area (Å²) in [5, 5.41) is 17.0. The molecule has 1 saturated carbocycles. The van der Waals surface area contributed by atoms with E-state index < -0.39 is 46.8 Å². The molecule has 0 heterocycles. The highest BCUT2D eigenvalue weighted by atomic mass is 19.1. The van der Waals surface area contributed by atoms with Gasteiger partial charge in [0.25, 0.3) is 0 Å². The van der Waals surface area contributed by atoms with E-state index in [0.29, 0.717) is 16.9 Å². The van der Waals surface area contributed by atoms with Crippen LogP contribution in [0.15, 0.2) is 72.8 Å². The molecule has 3 N–H and O–H groups in total. The first kappa shape index (κ1) is 25.3. The van der Waals surface area contributed by atoms with Crippen molar-refractivity contribution < 1.29 is 23.9 Å². The van der Waals surface area contributed by atoms with Gasteiger partial charge in [0, 0.05) is 23.7 Å². The number of para-hydroxylation sites is 2. The summed E-state index contributed by atoms with van der Waals surface area (Å²) in [4.78, 5) is 40.6. The van der Waals surface area contributed by atoms with Gasteiger partial charge in [0.15, 0.2) is 0 Å². The van der Waals surface area contributed by atoms with Gasteiger partial charge in [-0.15, -0.1) is 0 Å². The Kier molecular flexibility index (Phi) is 7.04. The standard InChI is InChI=1S/C29H29FN2O4/c1-17-8-4-6-10-21(17)31-27(34)25-23(33)16-29(3,36)26(24(25)19-12-14-20(30)15-13-19)28(35)32-22-11-7-5-9-18(22)2/h4-15,24-26,36H,16H2,1-3H3,(H,31,34)(H,32,35). The van der Waals surface area contributed by atoms with E-state index >= 15 is 0 Å². The molecule has 3 aromatic rings. The molecule has 1 aliphatic carbocycles. The number of carbonyl (C=O) groups excluding carboxylic acids is 3. The van der Waals surface area contributed by atoms with Crippen molar-refractivity contribution in [2.75, 3.05) is 10.6 Å². The van der Waals surface area contributed by atoms with Gasteiger partial charge in [-0.05, 0) is 61.7 Å². The van der Waals surface area contributed by atoms with Crippen LogP contribution >= 0.6 is 0 Å². The third kappa shape index (κ3) is 5.06. The Morgan fingerprint density at radius 1 is 0.861 bits per heavy atom. The number of benzene rings is 3. The monoisotopic (exact) mass is 488 g/mol. The van der Waals surface area contributed by atoms with Crippen molar-refractivity contribution in [3.63, 3.8) is 0 Å². The number of halogens is 1. The summed E-state index contributed by atoms with van der Waals surface area (Å²) in [6, 6.07) is 19.7. The Morgan fingerprint density at radius 2 is 1.36 bits per heavy atom. The number of amides is 2. The van der Waals surface area contributed by atoms with Crippen LogP contribution in [-0.4, -0.2) is 28.3 Å². The molecule has 1 fully saturated rings. The number of hydrogen-bond acceptors (Lipinski definition) is 4. The Bertz CT molecular complexity index is 1300. The second-order valence-corrected chi connectivity index (χ2v) is 9.64. The molecule has 0 aromatic heterocycles. The summed E-state index contributed by atoms with van der Waals surface area (Å²) in [7, 11) is 0. The van der Waals surface area contributed by atoms with Crippen molar-refractivity contribution in [1.29, 1.82) is 0 Å². The molecular formula is C29H29FN2O4. The van der Waals surface area contributed by atoms with Crippen LogP contribution in [0.4, 0.5) is 15.8 Å². The van der Waals surface area contributed by atoms with Crippen molar-refractivity contribution in [3.05, 3.63) is 95.3 Å². The fraction of sp³-hybridized carbons (Fsp3) is 0.276. The van der Waals surface area contributed by atoms with E-state index in [2.05, 4.69) is 10.6 Å². The molecule has 2 amide bonds. The maximum absolute atomic E-state index is 13.8. The number of anilines is 2. The molecule has 0 spiro atoms. The van der Waals surface area contributed by atoms with E-state index in [4.69, 9.17) is 0 Å². The molecule has 0 aliphatic heterocycles. The van der Waals surface area contributed by atoms with Crippen LogP contribution in [0, 0.1) is 31.5 Å². The number of carbonyl (C=O) groups is 3. The lowest BCUT2D eigenvalue weighted by atomic mass is 9.61. The fourth-order valence-corrected chi connectivity index (χ4v) is 5.02. The van der Waals surface area contributed by atoms with Crippen LogP contribution in [0.5, 0.6) is 0 Å². The van der Waals surface area contributed by atoms with Crippen LogP contribution in [0.25, 0.3) is 0 Å². The third-order valence-electron chi connectivity index (χ3n) is 6.89. The van der Waals surface area contributed by atoms with Crippen molar-refractivity contribution in [2.45, 2.75) is 38.7 Å². The van der Waals surface area contributed by atoms with Crippen molar-refractivity contribution in [3.8, 4) is 0 Å². The van der Waals surface area contributed by atoms with Crippen molar-refractivity contribution in [2.24, 2.45) is 11.8 Å². The van der Waals surface area contributed by atoms with E-state index in [1.54, 1.807) is 24.3 Å². The minimum absolute atomic E-state index is 0.373. The summed E-state index contributed by atoms with van der Waals surface area (Å²) in [6.45, 7) is 5.10. The minimum atomic E-state index is -1.73. The minimum Gasteiger partial charge on any atom is -0.389 e. The number of ketones is 1. The molecule has 4 atom stereocenters.